The molecule has 1 aromatic carbocycles. The Kier molecular flexibility index (Phi) is 3.40. The van der Waals surface area contributed by atoms with Gasteiger partial charge in [-0.2, -0.15) is 0 Å². The molecule has 1 aliphatic heterocycles. The molecule has 2 aromatic rings. The Morgan fingerprint density at radius 3 is 3.00 bits per heavy atom. The van der Waals surface area contributed by atoms with Crippen LogP contribution in [0, 0.1) is 12.7 Å². The van der Waals surface area contributed by atoms with Gasteiger partial charge in [0.2, 0.25) is 0 Å². The van der Waals surface area contributed by atoms with Crippen molar-refractivity contribution >= 4 is 0 Å². The van der Waals surface area contributed by atoms with Crippen LogP contribution in [-0.4, -0.2) is 18.1 Å². The Balaban J connectivity index is 2.20. The highest BCUT2D eigenvalue weighted by atomic mass is 19.1. The van der Waals surface area contributed by atoms with Crippen LogP contribution < -0.4 is 10.5 Å². The summed E-state index contributed by atoms with van der Waals surface area (Å²) in [6.07, 6.45) is 2.57. The molecule has 0 amide bonds. The predicted octanol–water partition coefficient (Wildman–Crippen LogP) is 3.02. The van der Waals surface area contributed by atoms with Gasteiger partial charge in [0.05, 0.1) is 12.2 Å². The number of benzene rings is 1. The zero-order valence-corrected chi connectivity index (χ0v) is 11.4. The summed E-state index contributed by atoms with van der Waals surface area (Å²) < 4.78 is 20.0. The molecule has 0 saturated carbocycles. The third-order valence-electron chi connectivity index (χ3n) is 3.76. The summed E-state index contributed by atoms with van der Waals surface area (Å²) in [7, 11) is 0. The number of nitrogens with zero attached hydrogens (tertiary/aromatic N) is 1. The minimum atomic E-state index is -0.271. The molecule has 1 aromatic heterocycles. The average molecular weight is 272 g/mol. The normalized spacial score (nSPS) is 17.4. The largest absolute Gasteiger partial charge is 0.493 e. The molecule has 4 heteroatoms. The molecular formula is C16H17FN2O. The van der Waals surface area contributed by atoms with E-state index in [0.29, 0.717) is 24.5 Å². The molecule has 2 N–H and O–H groups in total. The SMILES string of the molecule is Cc1cc(-c2c(F)ccc3c2OCC[C@H]3CN)ccn1. The van der Waals surface area contributed by atoms with E-state index >= 15 is 0 Å². The van der Waals surface area contributed by atoms with Crippen molar-refractivity contribution in [3.63, 3.8) is 0 Å². The molecule has 0 spiro atoms. The van der Waals surface area contributed by atoms with Crippen molar-refractivity contribution in [2.75, 3.05) is 13.2 Å². The van der Waals surface area contributed by atoms with Crippen molar-refractivity contribution in [1.29, 1.82) is 0 Å². The fourth-order valence-electron chi connectivity index (χ4n) is 2.73. The van der Waals surface area contributed by atoms with Gasteiger partial charge in [-0.15, -0.1) is 0 Å². The zero-order chi connectivity index (χ0) is 14.1. The maximum absolute atomic E-state index is 14.3. The fourth-order valence-corrected chi connectivity index (χ4v) is 2.73. The number of aromatic nitrogens is 1. The van der Waals surface area contributed by atoms with Gasteiger partial charge in [-0.05, 0) is 49.2 Å². The van der Waals surface area contributed by atoms with Gasteiger partial charge in [-0.25, -0.2) is 4.39 Å². The van der Waals surface area contributed by atoms with Gasteiger partial charge >= 0.3 is 0 Å². The van der Waals surface area contributed by atoms with Gasteiger partial charge in [0.1, 0.15) is 11.6 Å². The van der Waals surface area contributed by atoms with Crippen LogP contribution in [0.5, 0.6) is 5.75 Å². The second kappa shape index (κ2) is 5.21. The highest BCUT2D eigenvalue weighted by Gasteiger charge is 2.25. The van der Waals surface area contributed by atoms with E-state index in [1.54, 1.807) is 18.3 Å². The van der Waals surface area contributed by atoms with Gasteiger partial charge in [-0.1, -0.05) is 6.07 Å². The summed E-state index contributed by atoms with van der Waals surface area (Å²) in [4.78, 5) is 4.15. The molecule has 20 heavy (non-hydrogen) atoms. The van der Waals surface area contributed by atoms with Gasteiger partial charge in [0, 0.05) is 17.8 Å². The Morgan fingerprint density at radius 2 is 2.25 bits per heavy atom. The number of halogens is 1. The molecule has 0 aliphatic carbocycles. The lowest BCUT2D eigenvalue weighted by molar-refractivity contribution is 0.269. The number of hydrogen-bond acceptors (Lipinski definition) is 3. The lowest BCUT2D eigenvalue weighted by Gasteiger charge is -2.27. The van der Waals surface area contributed by atoms with E-state index in [4.69, 9.17) is 10.5 Å². The highest BCUT2D eigenvalue weighted by molar-refractivity contribution is 5.73. The van der Waals surface area contributed by atoms with Crippen molar-refractivity contribution in [2.24, 2.45) is 5.73 Å². The molecule has 0 radical (unpaired) electrons. The Labute approximate surface area is 117 Å². The van der Waals surface area contributed by atoms with Gasteiger partial charge in [0.25, 0.3) is 0 Å². The first-order valence-corrected chi connectivity index (χ1v) is 6.79. The molecular weight excluding hydrogens is 255 g/mol. The van der Waals surface area contributed by atoms with Crippen molar-refractivity contribution in [1.82, 2.24) is 4.98 Å². The van der Waals surface area contributed by atoms with Crippen molar-refractivity contribution in [3.05, 3.63) is 47.5 Å². The first-order valence-electron chi connectivity index (χ1n) is 6.79. The number of aryl methyl sites for hydroxylation is 1. The first-order chi connectivity index (χ1) is 9.70. The number of fused-ring (bicyclic) bond motifs is 1. The molecule has 0 saturated heterocycles. The van der Waals surface area contributed by atoms with Crippen LogP contribution in [0.2, 0.25) is 0 Å². The second-order valence-electron chi connectivity index (χ2n) is 5.10. The van der Waals surface area contributed by atoms with Crippen LogP contribution in [-0.2, 0) is 0 Å². The van der Waals surface area contributed by atoms with Crippen LogP contribution in [0.25, 0.3) is 11.1 Å². The second-order valence-corrected chi connectivity index (χ2v) is 5.10. The third kappa shape index (κ3) is 2.16. The topological polar surface area (TPSA) is 48.1 Å². The van der Waals surface area contributed by atoms with E-state index < -0.39 is 0 Å². The fraction of sp³-hybridized carbons (Fsp3) is 0.312. The first kappa shape index (κ1) is 13.1. The van der Waals surface area contributed by atoms with Crippen molar-refractivity contribution in [2.45, 2.75) is 19.3 Å². The average Bonchev–Trinajstić information content (AvgIpc) is 2.46. The molecule has 3 nitrogen and oxygen atoms in total. The molecule has 1 atom stereocenters. The Bertz CT molecular complexity index is 642. The number of ether oxygens (including phenoxy) is 1. The number of pyridine rings is 1. The van der Waals surface area contributed by atoms with Gasteiger partial charge in [-0.3, -0.25) is 4.98 Å². The van der Waals surface area contributed by atoms with Crippen molar-refractivity contribution in [3.8, 4) is 16.9 Å². The number of rotatable bonds is 2. The molecule has 1 aliphatic rings. The molecule has 0 fully saturated rings. The summed E-state index contributed by atoms with van der Waals surface area (Å²) in [5, 5.41) is 0. The quantitative estimate of drug-likeness (QED) is 0.914. The maximum atomic E-state index is 14.3. The summed E-state index contributed by atoms with van der Waals surface area (Å²) in [5.74, 6) is 0.602. The van der Waals surface area contributed by atoms with E-state index in [0.717, 1.165) is 23.2 Å². The van der Waals surface area contributed by atoms with Crippen LogP contribution in [0.4, 0.5) is 4.39 Å². The lowest BCUT2D eigenvalue weighted by atomic mass is 9.89. The summed E-state index contributed by atoms with van der Waals surface area (Å²) in [6.45, 7) is 3.02. The van der Waals surface area contributed by atoms with Crippen LogP contribution in [0.15, 0.2) is 30.5 Å². The smallest absolute Gasteiger partial charge is 0.134 e. The minimum Gasteiger partial charge on any atom is -0.493 e. The van der Waals surface area contributed by atoms with E-state index in [1.165, 1.54) is 6.07 Å². The number of nitrogens with two attached hydrogens (primary N) is 1. The summed E-state index contributed by atoms with van der Waals surface area (Å²) in [6, 6.07) is 6.97. The molecule has 2 heterocycles. The predicted molar refractivity (Wildman–Crippen MR) is 76.3 cm³/mol. The van der Waals surface area contributed by atoms with Crippen LogP contribution >= 0.6 is 0 Å². The van der Waals surface area contributed by atoms with E-state index in [2.05, 4.69) is 4.98 Å². The molecule has 104 valence electrons. The maximum Gasteiger partial charge on any atom is 0.134 e. The molecule has 0 unspecified atom stereocenters. The van der Waals surface area contributed by atoms with Gasteiger partial charge in [0.15, 0.2) is 0 Å². The van der Waals surface area contributed by atoms with Crippen LogP contribution in [0.1, 0.15) is 23.6 Å². The highest BCUT2D eigenvalue weighted by Crippen LogP contribution is 2.42. The van der Waals surface area contributed by atoms with Gasteiger partial charge < -0.3 is 10.5 Å². The van der Waals surface area contributed by atoms with Crippen LogP contribution in [0.3, 0.4) is 0 Å². The Hall–Kier alpha value is -1.94. The standard InChI is InChI=1S/C16H17FN2O/c1-10-8-11(4-6-19-10)15-14(17)3-2-13-12(9-18)5-7-20-16(13)15/h2-4,6,8,12H,5,7,9,18H2,1H3/t12-/m0/s1. The summed E-state index contributed by atoms with van der Waals surface area (Å²) in [5.41, 5.74) is 8.98. The summed E-state index contributed by atoms with van der Waals surface area (Å²) >= 11 is 0. The van der Waals surface area contributed by atoms with E-state index in [9.17, 15) is 4.39 Å². The lowest BCUT2D eigenvalue weighted by Crippen LogP contribution is -2.21. The number of hydrogen-bond donors (Lipinski definition) is 1. The monoisotopic (exact) mass is 272 g/mol. The minimum absolute atomic E-state index is 0.237. The van der Waals surface area contributed by atoms with Crippen molar-refractivity contribution < 1.29 is 9.13 Å². The van der Waals surface area contributed by atoms with E-state index in [1.807, 2.05) is 13.0 Å². The molecule has 0 bridgehead atoms. The zero-order valence-electron chi connectivity index (χ0n) is 11.4. The molecule has 3 rings (SSSR count). The van der Waals surface area contributed by atoms with E-state index in [-0.39, 0.29) is 11.7 Å². The third-order valence-corrected chi connectivity index (χ3v) is 3.76. The Morgan fingerprint density at radius 1 is 1.40 bits per heavy atom.